The van der Waals surface area contributed by atoms with Crippen LogP contribution in [0.5, 0.6) is 0 Å². The van der Waals surface area contributed by atoms with E-state index in [1.165, 1.54) is 6.21 Å². The summed E-state index contributed by atoms with van der Waals surface area (Å²) in [5.74, 6) is 1.66. The molecule has 0 aromatic rings. The SMILES string of the molecule is O=C=C1CN=CC=N1. The van der Waals surface area contributed by atoms with Crippen LogP contribution in [0.2, 0.25) is 0 Å². The van der Waals surface area contributed by atoms with Crippen molar-refractivity contribution >= 4 is 18.4 Å². The van der Waals surface area contributed by atoms with Gasteiger partial charge in [-0.15, -0.1) is 0 Å². The largest absolute Gasteiger partial charge is 0.284 e. The second-order valence-electron chi connectivity index (χ2n) is 1.32. The lowest BCUT2D eigenvalue weighted by molar-refractivity contribution is 0.566. The van der Waals surface area contributed by atoms with Crippen molar-refractivity contribution in [3.05, 3.63) is 5.70 Å². The van der Waals surface area contributed by atoms with Gasteiger partial charge in [0.15, 0.2) is 0 Å². The van der Waals surface area contributed by atoms with Crippen molar-refractivity contribution in [1.82, 2.24) is 0 Å². The average Bonchev–Trinajstić information content (AvgIpc) is 1.90. The molecule has 0 saturated heterocycles. The van der Waals surface area contributed by atoms with Crippen molar-refractivity contribution in [2.45, 2.75) is 0 Å². The molecule has 0 N–H and O–H groups in total. The minimum Gasteiger partial charge on any atom is -0.284 e. The normalized spacial score (nSPS) is 16.2. The molecule has 0 spiro atoms. The molecular weight excluding hydrogens is 104 g/mol. The van der Waals surface area contributed by atoms with Gasteiger partial charge in [0.2, 0.25) is 0 Å². The molecule has 1 rings (SSSR count). The van der Waals surface area contributed by atoms with Gasteiger partial charge in [-0.25, -0.2) is 9.79 Å². The van der Waals surface area contributed by atoms with E-state index in [1.54, 1.807) is 12.2 Å². The zero-order chi connectivity index (χ0) is 5.82. The van der Waals surface area contributed by atoms with Crippen LogP contribution in [0, 0.1) is 0 Å². The molecule has 1 aliphatic rings. The molecule has 0 unspecified atom stereocenters. The van der Waals surface area contributed by atoms with Crippen LogP contribution in [-0.4, -0.2) is 24.9 Å². The fraction of sp³-hybridized carbons (Fsp3) is 0.200. The first-order valence-corrected chi connectivity index (χ1v) is 2.20. The predicted molar refractivity (Wildman–Crippen MR) is 31.1 cm³/mol. The topological polar surface area (TPSA) is 41.8 Å². The summed E-state index contributed by atoms with van der Waals surface area (Å²) < 4.78 is 0. The van der Waals surface area contributed by atoms with E-state index in [0.29, 0.717) is 12.2 Å². The molecule has 0 aromatic heterocycles. The third-order valence-corrected chi connectivity index (χ3v) is 0.761. The lowest BCUT2D eigenvalue weighted by Crippen LogP contribution is -1.94. The fourth-order valence-corrected chi connectivity index (χ4v) is 0.409. The molecule has 3 nitrogen and oxygen atoms in total. The summed E-state index contributed by atoms with van der Waals surface area (Å²) in [5.41, 5.74) is 0.368. The third-order valence-electron chi connectivity index (χ3n) is 0.761. The first kappa shape index (κ1) is 4.94. The Morgan fingerprint density at radius 1 is 1.62 bits per heavy atom. The highest BCUT2D eigenvalue weighted by Gasteiger charge is 1.92. The maximum atomic E-state index is 9.81. The van der Waals surface area contributed by atoms with E-state index in [2.05, 4.69) is 9.98 Å². The summed E-state index contributed by atoms with van der Waals surface area (Å²) in [7, 11) is 0. The molecule has 1 aliphatic heterocycles. The zero-order valence-electron chi connectivity index (χ0n) is 4.16. The van der Waals surface area contributed by atoms with E-state index in [4.69, 9.17) is 0 Å². The van der Waals surface area contributed by atoms with Gasteiger partial charge in [-0.3, -0.25) is 4.99 Å². The molecule has 40 valence electrons. The minimum absolute atomic E-state index is 0.368. The molecule has 3 heteroatoms. The molecule has 0 amide bonds. The quantitative estimate of drug-likeness (QED) is 0.398. The minimum atomic E-state index is 0.368. The number of hydrogen-bond donors (Lipinski definition) is 0. The standard InChI is InChI=1S/C5H4N2O/c8-4-5-3-6-1-2-7-5/h1-2H,3H2. The van der Waals surface area contributed by atoms with E-state index >= 15 is 0 Å². The van der Waals surface area contributed by atoms with Crippen molar-refractivity contribution in [3.8, 4) is 0 Å². The van der Waals surface area contributed by atoms with Gasteiger partial charge >= 0.3 is 0 Å². The van der Waals surface area contributed by atoms with Gasteiger partial charge in [0.05, 0.1) is 6.54 Å². The predicted octanol–water partition coefficient (Wildman–Crippen LogP) is -0.143. The molecule has 0 saturated carbocycles. The molecular formula is C5H4N2O. The maximum Gasteiger partial charge on any atom is 0.150 e. The number of nitrogens with zero attached hydrogens (tertiary/aromatic N) is 2. The number of rotatable bonds is 0. The average molecular weight is 108 g/mol. The number of aliphatic imine (C=N–C) groups is 2. The molecule has 0 atom stereocenters. The summed E-state index contributed by atoms with van der Waals surface area (Å²) in [6.07, 6.45) is 3.03. The Kier molecular flexibility index (Phi) is 1.35. The van der Waals surface area contributed by atoms with Crippen LogP contribution >= 0.6 is 0 Å². The van der Waals surface area contributed by atoms with Crippen molar-refractivity contribution in [1.29, 1.82) is 0 Å². The molecule has 1 heterocycles. The summed E-state index contributed by atoms with van der Waals surface area (Å²) in [4.78, 5) is 17.2. The molecule has 8 heavy (non-hydrogen) atoms. The van der Waals surface area contributed by atoms with Gasteiger partial charge in [-0.2, -0.15) is 0 Å². The van der Waals surface area contributed by atoms with E-state index < -0.39 is 0 Å². The molecule has 0 bridgehead atoms. The molecule has 0 aliphatic carbocycles. The number of hydrogen-bond acceptors (Lipinski definition) is 3. The monoisotopic (exact) mass is 108 g/mol. The summed E-state index contributed by atoms with van der Waals surface area (Å²) in [5, 5.41) is 0. The van der Waals surface area contributed by atoms with E-state index in [1.807, 2.05) is 0 Å². The van der Waals surface area contributed by atoms with E-state index in [0.717, 1.165) is 0 Å². The lowest BCUT2D eigenvalue weighted by Gasteiger charge is -1.91. The van der Waals surface area contributed by atoms with Crippen molar-refractivity contribution < 1.29 is 4.79 Å². The Morgan fingerprint density at radius 3 is 2.88 bits per heavy atom. The molecule has 0 aromatic carbocycles. The Balaban J connectivity index is 2.80. The van der Waals surface area contributed by atoms with Gasteiger partial charge in [-0.1, -0.05) is 0 Å². The lowest BCUT2D eigenvalue weighted by atomic mass is 10.5. The van der Waals surface area contributed by atoms with Crippen molar-refractivity contribution in [2.75, 3.05) is 6.54 Å². The zero-order valence-corrected chi connectivity index (χ0v) is 4.16. The van der Waals surface area contributed by atoms with Gasteiger partial charge in [-0.05, 0) is 0 Å². The molecule has 0 radical (unpaired) electrons. The van der Waals surface area contributed by atoms with Crippen LogP contribution in [0.25, 0.3) is 0 Å². The van der Waals surface area contributed by atoms with E-state index in [9.17, 15) is 4.79 Å². The first-order chi connectivity index (χ1) is 3.93. The van der Waals surface area contributed by atoms with Crippen molar-refractivity contribution in [3.63, 3.8) is 0 Å². The van der Waals surface area contributed by atoms with E-state index in [-0.39, 0.29) is 0 Å². The highest BCUT2D eigenvalue weighted by molar-refractivity contribution is 6.17. The van der Waals surface area contributed by atoms with Crippen LogP contribution < -0.4 is 0 Å². The summed E-state index contributed by atoms with van der Waals surface area (Å²) in [6.45, 7) is 0.375. The Labute approximate surface area is 46.5 Å². The Morgan fingerprint density at radius 2 is 2.50 bits per heavy atom. The van der Waals surface area contributed by atoms with Gasteiger partial charge in [0.1, 0.15) is 11.6 Å². The van der Waals surface area contributed by atoms with Crippen molar-refractivity contribution in [2.24, 2.45) is 9.98 Å². The number of carbonyl (C=O) groups excluding carboxylic acids is 1. The van der Waals surface area contributed by atoms with Crippen LogP contribution in [0.3, 0.4) is 0 Å². The molecule has 0 fully saturated rings. The third kappa shape index (κ3) is 0.891. The maximum absolute atomic E-state index is 9.81. The Bertz CT molecular complexity index is 187. The summed E-state index contributed by atoms with van der Waals surface area (Å²) >= 11 is 0. The fourth-order valence-electron chi connectivity index (χ4n) is 0.409. The Hall–Kier alpha value is -1.21. The smallest absolute Gasteiger partial charge is 0.150 e. The second kappa shape index (κ2) is 2.19. The van der Waals surface area contributed by atoms with Gasteiger partial charge < -0.3 is 0 Å². The highest BCUT2D eigenvalue weighted by atomic mass is 16.1. The van der Waals surface area contributed by atoms with Crippen LogP contribution in [0.1, 0.15) is 0 Å². The van der Waals surface area contributed by atoms with Crippen LogP contribution in [-0.2, 0) is 4.79 Å². The van der Waals surface area contributed by atoms with Gasteiger partial charge in [0, 0.05) is 12.4 Å². The second-order valence-corrected chi connectivity index (χ2v) is 1.32. The van der Waals surface area contributed by atoms with Crippen LogP contribution in [0.15, 0.2) is 15.7 Å². The van der Waals surface area contributed by atoms with Crippen LogP contribution in [0.4, 0.5) is 0 Å². The first-order valence-electron chi connectivity index (χ1n) is 2.20. The summed E-state index contributed by atoms with van der Waals surface area (Å²) in [6, 6.07) is 0. The van der Waals surface area contributed by atoms with Gasteiger partial charge in [0.25, 0.3) is 0 Å². The highest BCUT2D eigenvalue weighted by Crippen LogP contribution is 1.92.